The number of aromatic nitrogens is 2. The SMILES string of the molecule is [2H]C([2H])([2H])c1cc(C(C)(C)C)cc(C)c1-c1cc(-n2c3ccccc3c3ccc(Oc4cc(N5C=CN(c6cccc(C(C)(C)C)c6)C5)cc(C(C)(C)C)c4)cc32)ncc1-c1ccccc1. The molecule has 0 unspecified atom stereocenters. The number of hydrogen-bond acceptors (Lipinski definition) is 4. The molecule has 0 saturated carbocycles. The van der Waals surface area contributed by atoms with Crippen molar-refractivity contribution in [1.82, 2.24) is 9.55 Å². The van der Waals surface area contributed by atoms with E-state index in [9.17, 15) is 0 Å². The highest BCUT2D eigenvalue weighted by molar-refractivity contribution is 6.09. The second-order valence-corrected chi connectivity index (χ2v) is 20.2. The molecule has 318 valence electrons. The third kappa shape index (κ3) is 8.13. The van der Waals surface area contributed by atoms with Crippen molar-refractivity contribution in [2.45, 2.75) is 92.3 Å². The van der Waals surface area contributed by atoms with E-state index >= 15 is 0 Å². The molecule has 0 amide bonds. The van der Waals surface area contributed by atoms with Crippen LogP contribution in [0.3, 0.4) is 0 Å². The molecule has 3 heterocycles. The van der Waals surface area contributed by atoms with Gasteiger partial charge in [0, 0.05) is 62.6 Å². The van der Waals surface area contributed by atoms with Crippen molar-refractivity contribution >= 4 is 33.2 Å². The molecule has 9 rings (SSSR count). The number of para-hydroxylation sites is 1. The van der Waals surface area contributed by atoms with Gasteiger partial charge in [0.1, 0.15) is 17.3 Å². The van der Waals surface area contributed by atoms with E-state index in [1.54, 1.807) is 0 Å². The predicted octanol–water partition coefficient (Wildman–Crippen LogP) is 15.6. The first-order chi connectivity index (χ1) is 31.1. The lowest BCUT2D eigenvalue weighted by molar-refractivity contribution is 0.479. The van der Waals surface area contributed by atoms with Gasteiger partial charge < -0.3 is 14.5 Å². The molecular weight excluding hydrogens is 769 g/mol. The number of nitrogens with zero attached hydrogens (tertiary/aromatic N) is 4. The molecule has 5 nitrogen and oxygen atoms in total. The topological polar surface area (TPSA) is 33.5 Å². The van der Waals surface area contributed by atoms with E-state index < -0.39 is 6.85 Å². The fourth-order valence-corrected chi connectivity index (χ4v) is 8.74. The number of pyridine rings is 1. The zero-order valence-corrected chi connectivity index (χ0v) is 38.3. The molecule has 8 aromatic rings. The van der Waals surface area contributed by atoms with Gasteiger partial charge in [-0.2, -0.15) is 0 Å². The molecular formula is C58H60N4O. The molecule has 5 heteroatoms. The van der Waals surface area contributed by atoms with Gasteiger partial charge in [0.05, 0.1) is 17.7 Å². The number of hydrogen-bond donors (Lipinski definition) is 0. The van der Waals surface area contributed by atoms with Crippen molar-refractivity contribution in [2.75, 3.05) is 16.5 Å². The first-order valence-corrected chi connectivity index (χ1v) is 22.0. The molecule has 0 radical (unpaired) electrons. The van der Waals surface area contributed by atoms with Crippen molar-refractivity contribution in [3.05, 3.63) is 180 Å². The summed E-state index contributed by atoms with van der Waals surface area (Å²) in [5, 5.41) is 2.14. The summed E-state index contributed by atoms with van der Waals surface area (Å²) < 4.78 is 35.6. The maximum absolute atomic E-state index is 8.83. The van der Waals surface area contributed by atoms with Crippen LogP contribution in [-0.4, -0.2) is 16.2 Å². The first kappa shape index (κ1) is 38.1. The third-order valence-corrected chi connectivity index (χ3v) is 12.4. The van der Waals surface area contributed by atoms with E-state index in [0.717, 1.165) is 66.7 Å². The van der Waals surface area contributed by atoms with Crippen molar-refractivity contribution in [3.63, 3.8) is 0 Å². The maximum atomic E-state index is 8.83. The van der Waals surface area contributed by atoms with Gasteiger partial charge in [-0.15, -0.1) is 0 Å². The van der Waals surface area contributed by atoms with Crippen LogP contribution in [0, 0.1) is 13.8 Å². The molecule has 0 fully saturated rings. The van der Waals surface area contributed by atoms with Crippen molar-refractivity contribution < 1.29 is 8.85 Å². The van der Waals surface area contributed by atoms with E-state index in [0.29, 0.717) is 29.4 Å². The minimum Gasteiger partial charge on any atom is -0.457 e. The van der Waals surface area contributed by atoms with E-state index in [1.165, 1.54) is 11.1 Å². The van der Waals surface area contributed by atoms with Crippen LogP contribution in [0.4, 0.5) is 11.4 Å². The molecule has 0 spiro atoms. The molecule has 1 aliphatic rings. The van der Waals surface area contributed by atoms with Gasteiger partial charge in [-0.1, -0.05) is 135 Å². The maximum Gasteiger partial charge on any atom is 0.138 e. The molecule has 6 aromatic carbocycles. The summed E-state index contributed by atoms with van der Waals surface area (Å²) in [6.45, 7) is 20.2. The molecule has 0 bridgehead atoms. The van der Waals surface area contributed by atoms with Crippen LogP contribution >= 0.6 is 0 Å². The van der Waals surface area contributed by atoms with Gasteiger partial charge in [-0.3, -0.25) is 4.57 Å². The second-order valence-electron chi connectivity index (χ2n) is 20.2. The smallest absolute Gasteiger partial charge is 0.138 e. The summed E-state index contributed by atoms with van der Waals surface area (Å²) in [5.74, 6) is 2.12. The Morgan fingerprint density at radius 1 is 0.540 bits per heavy atom. The van der Waals surface area contributed by atoms with Gasteiger partial charge in [-0.05, 0) is 123 Å². The Morgan fingerprint density at radius 2 is 1.19 bits per heavy atom. The fraction of sp³-hybridized carbons (Fsp3) is 0.259. The van der Waals surface area contributed by atoms with Crippen LogP contribution in [0.5, 0.6) is 11.5 Å². The van der Waals surface area contributed by atoms with Crippen molar-refractivity contribution in [3.8, 4) is 39.6 Å². The average Bonchev–Trinajstić information content (AvgIpc) is 3.89. The fourth-order valence-electron chi connectivity index (χ4n) is 8.74. The highest BCUT2D eigenvalue weighted by Crippen LogP contribution is 2.42. The second kappa shape index (κ2) is 15.6. The van der Waals surface area contributed by atoms with Crippen LogP contribution in [-0.2, 0) is 16.2 Å². The lowest BCUT2D eigenvalue weighted by Gasteiger charge is -2.26. The Balaban J connectivity index is 1.16. The number of benzene rings is 6. The van der Waals surface area contributed by atoms with E-state index in [4.69, 9.17) is 13.8 Å². The van der Waals surface area contributed by atoms with E-state index in [2.05, 4.69) is 186 Å². The minimum absolute atomic E-state index is 0.0553. The van der Waals surface area contributed by atoms with Crippen LogP contribution < -0.4 is 14.5 Å². The number of fused-ring (bicyclic) bond motifs is 3. The van der Waals surface area contributed by atoms with Crippen molar-refractivity contribution in [1.29, 1.82) is 0 Å². The van der Waals surface area contributed by atoms with Gasteiger partial charge in [0.15, 0.2) is 0 Å². The minimum atomic E-state index is -2.36. The van der Waals surface area contributed by atoms with Crippen LogP contribution in [0.1, 0.15) is 94.2 Å². The van der Waals surface area contributed by atoms with E-state index in [1.807, 2.05) is 49.5 Å². The van der Waals surface area contributed by atoms with Gasteiger partial charge in [0.25, 0.3) is 0 Å². The molecule has 0 saturated heterocycles. The molecule has 0 aliphatic carbocycles. The predicted molar refractivity (Wildman–Crippen MR) is 267 cm³/mol. The summed E-state index contributed by atoms with van der Waals surface area (Å²) in [4.78, 5) is 9.73. The average molecular weight is 832 g/mol. The van der Waals surface area contributed by atoms with Crippen molar-refractivity contribution in [2.24, 2.45) is 0 Å². The largest absolute Gasteiger partial charge is 0.457 e. The lowest BCUT2D eigenvalue weighted by atomic mass is 9.82. The standard InChI is InChI=1S/C58H60N4O/c1-38-28-42(57(6,7)8)29-39(2)55(38)50-35-54(59-36-51(50)40-18-13-12-14-19-40)62-52-23-16-15-22-48(52)49-25-24-46(34-53(49)62)63-47-32-43(58(9,10)11)31-45(33-47)61-27-26-60(37-61)44-21-17-20-41(30-44)56(3,4)5/h12-36H,37H2,1-11H3/i1D3. The quantitative estimate of drug-likeness (QED) is 0.160. The van der Waals surface area contributed by atoms with Crippen LogP contribution in [0.2, 0.25) is 0 Å². The number of aryl methyl sites for hydroxylation is 2. The summed E-state index contributed by atoms with van der Waals surface area (Å²) in [7, 11) is 0. The summed E-state index contributed by atoms with van der Waals surface area (Å²) in [6, 6.07) is 46.2. The number of anilines is 2. The molecule has 63 heavy (non-hydrogen) atoms. The summed E-state index contributed by atoms with van der Waals surface area (Å²) in [5.41, 5.74) is 11.9. The Morgan fingerprint density at radius 3 is 1.92 bits per heavy atom. The number of rotatable bonds is 7. The van der Waals surface area contributed by atoms with Gasteiger partial charge >= 0.3 is 0 Å². The Kier molecular flexibility index (Phi) is 9.46. The molecule has 2 aromatic heterocycles. The lowest BCUT2D eigenvalue weighted by Crippen LogP contribution is -2.25. The normalized spacial score (nSPS) is 14.3. The highest BCUT2D eigenvalue weighted by atomic mass is 16.5. The Labute approximate surface area is 378 Å². The zero-order valence-electron chi connectivity index (χ0n) is 41.3. The monoisotopic (exact) mass is 831 g/mol. The molecule has 0 atom stereocenters. The zero-order chi connectivity index (χ0) is 46.9. The molecule has 0 N–H and O–H groups in total. The molecule has 1 aliphatic heterocycles. The summed E-state index contributed by atoms with van der Waals surface area (Å²) in [6.07, 6.45) is 6.19. The first-order valence-electron chi connectivity index (χ1n) is 23.5. The van der Waals surface area contributed by atoms with Crippen LogP contribution in [0.15, 0.2) is 152 Å². The Hall–Kier alpha value is -6.59. The van der Waals surface area contributed by atoms with Crippen LogP contribution in [0.25, 0.3) is 49.9 Å². The van der Waals surface area contributed by atoms with E-state index in [-0.39, 0.29) is 16.2 Å². The van der Waals surface area contributed by atoms with Gasteiger partial charge in [0.2, 0.25) is 0 Å². The third-order valence-electron chi connectivity index (χ3n) is 12.4. The Bertz CT molecular complexity index is 3160. The highest BCUT2D eigenvalue weighted by Gasteiger charge is 2.24. The number of ether oxygens (including phenoxy) is 1. The summed E-state index contributed by atoms with van der Waals surface area (Å²) >= 11 is 0. The van der Waals surface area contributed by atoms with Gasteiger partial charge in [-0.25, -0.2) is 4.98 Å².